The number of hydrogen-bond acceptors (Lipinski definition) is 5. The minimum absolute atomic E-state index is 0.190. The standard InChI is InChI=1S/C14H28N6/c1-6-14(4)10-20(9-13-16-18-19(5)17-13)12(8-15-14)7-11(2)3/h11-12,15H,6-10H2,1-5H3. The van der Waals surface area contributed by atoms with E-state index in [0.717, 1.165) is 31.9 Å². The van der Waals surface area contributed by atoms with Crippen molar-refractivity contribution in [3.05, 3.63) is 5.82 Å². The van der Waals surface area contributed by atoms with Crippen molar-refractivity contribution < 1.29 is 0 Å². The second kappa shape index (κ2) is 6.18. The third-order valence-electron chi connectivity index (χ3n) is 4.25. The maximum Gasteiger partial charge on any atom is 0.188 e. The van der Waals surface area contributed by atoms with E-state index < -0.39 is 0 Å². The fraction of sp³-hybridized carbons (Fsp3) is 0.929. The molecule has 0 aromatic carbocycles. The number of aryl methyl sites for hydroxylation is 1. The van der Waals surface area contributed by atoms with Crippen molar-refractivity contribution in [1.29, 1.82) is 0 Å². The summed E-state index contributed by atoms with van der Waals surface area (Å²) < 4.78 is 0. The topological polar surface area (TPSA) is 58.9 Å². The molecule has 0 aliphatic carbocycles. The lowest BCUT2D eigenvalue weighted by Crippen LogP contribution is -2.62. The maximum absolute atomic E-state index is 4.32. The number of rotatable bonds is 5. The van der Waals surface area contributed by atoms with Crippen LogP contribution in [0.4, 0.5) is 0 Å². The second-order valence-electron chi connectivity index (χ2n) is 6.68. The Balaban J connectivity index is 2.08. The molecule has 2 atom stereocenters. The van der Waals surface area contributed by atoms with Gasteiger partial charge in [-0.1, -0.05) is 20.8 Å². The summed E-state index contributed by atoms with van der Waals surface area (Å²) in [6, 6.07) is 0.554. The van der Waals surface area contributed by atoms with Gasteiger partial charge in [0.05, 0.1) is 13.6 Å². The van der Waals surface area contributed by atoms with E-state index in [1.807, 2.05) is 7.05 Å². The largest absolute Gasteiger partial charge is 0.309 e. The normalized spacial score (nSPS) is 28.2. The first-order valence-electron chi connectivity index (χ1n) is 7.64. The van der Waals surface area contributed by atoms with Crippen LogP contribution in [-0.4, -0.2) is 49.8 Å². The molecule has 0 amide bonds. The zero-order valence-electron chi connectivity index (χ0n) is 13.4. The summed E-state index contributed by atoms with van der Waals surface area (Å²) in [6.45, 7) is 12.0. The van der Waals surface area contributed by atoms with E-state index in [4.69, 9.17) is 0 Å². The molecule has 0 bridgehead atoms. The summed E-state index contributed by atoms with van der Waals surface area (Å²) in [5.41, 5.74) is 0.190. The molecule has 6 heteroatoms. The monoisotopic (exact) mass is 280 g/mol. The van der Waals surface area contributed by atoms with E-state index in [2.05, 4.69) is 53.3 Å². The molecule has 114 valence electrons. The molecule has 1 fully saturated rings. The van der Waals surface area contributed by atoms with Gasteiger partial charge in [0.2, 0.25) is 0 Å². The Morgan fingerprint density at radius 3 is 2.75 bits per heavy atom. The fourth-order valence-electron chi connectivity index (χ4n) is 2.89. The lowest BCUT2D eigenvalue weighted by Gasteiger charge is -2.46. The van der Waals surface area contributed by atoms with Gasteiger partial charge in [-0.3, -0.25) is 4.90 Å². The van der Waals surface area contributed by atoms with Crippen molar-refractivity contribution in [3.63, 3.8) is 0 Å². The van der Waals surface area contributed by atoms with Crippen LogP contribution in [0.15, 0.2) is 0 Å². The van der Waals surface area contributed by atoms with Gasteiger partial charge in [0, 0.05) is 24.7 Å². The first-order chi connectivity index (χ1) is 9.42. The van der Waals surface area contributed by atoms with E-state index in [0.29, 0.717) is 12.0 Å². The van der Waals surface area contributed by atoms with Gasteiger partial charge in [-0.15, -0.1) is 10.2 Å². The Kier molecular flexibility index (Phi) is 4.75. The van der Waals surface area contributed by atoms with E-state index in [-0.39, 0.29) is 5.54 Å². The van der Waals surface area contributed by atoms with Crippen LogP contribution < -0.4 is 5.32 Å². The number of tetrazole rings is 1. The summed E-state index contributed by atoms with van der Waals surface area (Å²) in [6.07, 6.45) is 2.33. The molecule has 2 rings (SSSR count). The molecule has 2 heterocycles. The van der Waals surface area contributed by atoms with Crippen LogP contribution in [0.1, 0.15) is 46.4 Å². The van der Waals surface area contributed by atoms with E-state index in [1.165, 1.54) is 11.2 Å². The zero-order chi connectivity index (χ0) is 14.8. The van der Waals surface area contributed by atoms with Gasteiger partial charge in [-0.25, -0.2) is 0 Å². The zero-order valence-corrected chi connectivity index (χ0v) is 13.4. The molecule has 0 radical (unpaired) electrons. The van der Waals surface area contributed by atoms with Gasteiger partial charge >= 0.3 is 0 Å². The Labute approximate surface area is 121 Å². The molecule has 6 nitrogen and oxygen atoms in total. The van der Waals surface area contributed by atoms with Gasteiger partial charge in [-0.2, -0.15) is 4.80 Å². The van der Waals surface area contributed by atoms with Gasteiger partial charge < -0.3 is 5.32 Å². The quantitative estimate of drug-likeness (QED) is 0.878. The average Bonchev–Trinajstić information content (AvgIpc) is 2.78. The Morgan fingerprint density at radius 2 is 2.20 bits per heavy atom. The summed E-state index contributed by atoms with van der Waals surface area (Å²) in [4.78, 5) is 4.06. The van der Waals surface area contributed by atoms with Crippen LogP contribution in [-0.2, 0) is 13.6 Å². The fourth-order valence-corrected chi connectivity index (χ4v) is 2.89. The maximum atomic E-state index is 4.32. The van der Waals surface area contributed by atoms with Crippen molar-refractivity contribution in [2.75, 3.05) is 13.1 Å². The van der Waals surface area contributed by atoms with Crippen molar-refractivity contribution in [2.45, 2.75) is 58.7 Å². The van der Waals surface area contributed by atoms with E-state index in [1.54, 1.807) is 0 Å². The SMILES string of the molecule is CCC1(C)CN(Cc2nnn(C)n2)C(CC(C)C)CN1. The Bertz CT molecular complexity index is 429. The number of hydrogen-bond donors (Lipinski definition) is 1. The average molecular weight is 280 g/mol. The molecule has 1 aromatic heterocycles. The molecule has 1 aliphatic heterocycles. The Hall–Kier alpha value is -1.01. The van der Waals surface area contributed by atoms with Gasteiger partial charge in [0.1, 0.15) is 0 Å². The highest BCUT2D eigenvalue weighted by Gasteiger charge is 2.35. The molecule has 0 spiro atoms. The molecule has 1 saturated heterocycles. The van der Waals surface area contributed by atoms with Crippen molar-refractivity contribution >= 4 is 0 Å². The summed E-state index contributed by atoms with van der Waals surface area (Å²) in [5, 5.41) is 16.1. The lowest BCUT2D eigenvalue weighted by molar-refractivity contribution is 0.0642. The highest BCUT2D eigenvalue weighted by atomic mass is 15.6. The van der Waals surface area contributed by atoms with Gasteiger partial charge in [0.15, 0.2) is 5.82 Å². The highest BCUT2D eigenvalue weighted by molar-refractivity contribution is 4.96. The number of aromatic nitrogens is 4. The third-order valence-corrected chi connectivity index (χ3v) is 4.25. The minimum Gasteiger partial charge on any atom is -0.309 e. The number of piperazine rings is 1. The summed E-state index contributed by atoms with van der Waals surface area (Å²) in [7, 11) is 1.82. The molecular weight excluding hydrogens is 252 g/mol. The molecule has 1 N–H and O–H groups in total. The first kappa shape index (κ1) is 15.4. The number of nitrogens with zero attached hydrogens (tertiary/aromatic N) is 5. The molecule has 20 heavy (non-hydrogen) atoms. The molecule has 0 saturated carbocycles. The van der Waals surface area contributed by atoms with Crippen molar-refractivity contribution in [3.8, 4) is 0 Å². The third kappa shape index (κ3) is 3.76. The lowest BCUT2D eigenvalue weighted by atomic mass is 9.90. The second-order valence-corrected chi connectivity index (χ2v) is 6.68. The van der Waals surface area contributed by atoms with Crippen molar-refractivity contribution in [1.82, 2.24) is 30.4 Å². The Morgan fingerprint density at radius 1 is 1.45 bits per heavy atom. The van der Waals surface area contributed by atoms with Gasteiger partial charge in [-0.05, 0) is 30.9 Å². The molecular formula is C14H28N6. The van der Waals surface area contributed by atoms with Crippen LogP contribution in [0.5, 0.6) is 0 Å². The van der Waals surface area contributed by atoms with Gasteiger partial charge in [0.25, 0.3) is 0 Å². The minimum atomic E-state index is 0.190. The number of nitrogens with one attached hydrogen (secondary N) is 1. The van der Waals surface area contributed by atoms with Crippen LogP contribution >= 0.6 is 0 Å². The summed E-state index contributed by atoms with van der Waals surface area (Å²) in [5.74, 6) is 1.52. The highest BCUT2D eigenvalue weighted by Crippen LogP contribution is 2.23. The molecule has 1 aliphatic rings. The predicted molar refractivity (Wildman–Crippen MR) is 79.1 cm³/mol. The first-order valence-corrected chi connectivity index (χ1v) is 7.64. The summed E-state index contributed by atoms with van der Waals surface area (Å²) >= 11 is 0. The molecule has 1 aromatic rings. The van der Waals surface area contributed by atoms with E-state index >= 15 is 0 Å². The predicted octanol–water partition coefficient (Wildman–Crippen LogP) is 1.20. The van der Waals surface area contributed by atoms with E-state index in [9.17, 15) is 0 Å². The smallest absolute Gasteiger partial charge is 0.188 e. The van der Waals surface area contributed by atoms with Crippen LogP contribution in [0, 0.1) is 5.92 Å². The van der Waals surface area contributed by atoms with Crippen LogP contribution in [0.2, 0.25) is 0 Å². The molecule has 2 unspecified atom stereocenters. The van der Waals surface area contributed by atoms with Crippen LogP contribution in [0.3, 0.4) is 0 Å². The van der Waals surface area contributed by atoms with Crippen LogP contribution in [0.25, 0.3) is 0 Å². The van der Waals surface area contributed by atoms with Crippen molar-refractivity contribution in [2.24, 2.45) is 13.0 Å².